The maximum absolute atomic E-state index is 13.2. The lowest BCUT2D eigenvalue weighted by atomic mass is 9.79. The summed E-state index contributed by atoms with van der Waals surface area (Å²) in [6.45, 7) is 6.27. The van der Waals surface area contributed by atoms with Crippen LogP contribution in [0.25, 0.3) is 6.08 Å². The van der Waals surface area contributed by atoms with Crippen LogP contribution in [0.1, 0.15) is 81.4 Å². The van der Waals surface area contributed by atoms with Crippen LogP contribution in [0, 0.1) is 25.7 Å². The molecule has 11 heteroatoms. The maximum Gasteiger partial charge on any atom is 0.329 e. The summed E-state index contributed by atoms with van der Waals surface area (Å²) < 4.78 is 27.9. The molecule has 1 aliphatic carbocycles. The van der Waals surface area contributed by atoms with Crippen LogP contribution in [0.15, 0.2) is 22.5 Å². The van der Waals surface area contributed by atoms with Gasteiger partial charge in [-0.1, -0.05) is 26.2 Å². The average Bonchev–Trinajstić information content (AvgIpc) is 3.44. The van der Waals surface area contributed by atoms with E-state index in [1.807, 2.05) is 13.8 Å². The predicted octanol–water partition coefficient (Wildman–Crippen LogP) is 4.02. The number of hydrogen-bond acceptors (Lipinski definition) is 6. The molecule has 0 atom stereocenters. The second kappa shape index (κ2) is 11.7. The van der Waals surface area contributed by atoms with Crippen molar-refractivity contribution >= 4 is 45.5 Å². The lowest BCUT2D eigenvalue weighted by molar-refractivity contribution is -0.125. The van der Waals surface area contributed by atoms with Crippen LogP contribution in [0.3, 0.4) is 0 Å². The topological polar surface area (TPSA) is 128 Å². The Morgan fingerprint density at radius 1 is 1.05 bits per heavy atom. The zero-order valence-corrected chi connectivity index (χ0v) is 25.1. The number of aryl methyl sites for hydroxylation is 2. The van der Waals surface area contributed by atoms with Gasteiger partial charge in [-0.3, -0.25) is 14.6 Å². The number of rotatable bonds is 8. The highest BCUT2D eigenvalue weighted by molar-refractivity contribution is 7.92. The van der Waals surface area contributed by atoms with Gasteiger partial charge in [-0.2, -0.15) is 4.31 Å². The quantitative estimate of drug-likeness (QED) is 0.447. The molecule has 10 nitrogen and oxygen atoms in total. The third-order valence-electron chi connectivity index (χ3n) is 9.19. The van der Waals surface area contributed by atoms with Crippen molar-refractivity contribution in [3.63, 3.8) is 0 Å². The number of unbranched alkanes of at least 4 members (excludes halogenated alkanes) is 1. The summed E-state index contributed by atoms with van der Waals surface area (Å²) in [5.41, 5.74) is 1.81. The second-order valence-electron chi connectivity index (χ2n) is 12.0. The lowest BCUT2D eigenvalue weighted by Crippen LogP contribution is -2.50. The van der Waals surface area contributed by atoms with E-state index in [0.717, 1.165) is 40.6 Å². The molecule has 3 aliphatic heterocycles. The molecule has 4 amide bonds. The van der Waals surface area contributed by atoms with Gasteiger partial charge in [-0.15, -0.1) is 0 Å². The first kappa shape index (κ1) is 29.4. The van der Waals surface area contributed by atoms with E-state index in [2.05, 4.69) is 17.6 Å². The first-order chi connectivity index (χ1) is 19.5. The fraction of sp³-hybridized carbons (Fsp3) is 0.600. The number of carbonyl (C=O) groups excluding carboxylic acids is 3. The zero-order valence-electron chi connectivity index (χ0n) is 24.2. The molecule has 4 aliphatic rings. The molecular formula is C30H41N5O5S. The number of anilines is 1. The van der Waals surface area contributed by atoms with Gasteiger partial charge in [0.05, 0.1) is 12.2 Å². The zero-order chi connectivity index (χ0) is 29.4. The van der Waals surface area contributed by atoms with Crippen LogP contribution in [0.4, 0.5) is 10.5 Å². The molecule has 1 saturated carbocycles. The summed E-state index contributed by atoms with van der Waals surface area (Å²) in [5.74, 6) is 1.45. The first-order valence-electron chi connectivity index (χ1n) is 14.8. The number of nitrogens with zero attached hydrogens (tertiary/aromatic N) is 3. The number of piperidine rings is 1. The number of amidine groups is 1. The van der Waals surface area contributed by atoms with Gasteiger partial charge in [0.1, 0.15) is 11.4 Å². The monoisotopic (exact) mass is 583 g/mol. The Hall–Kier alpha value is -3.05. The fourth-order valence-corrected chi connectivity index (χ4v) is 7.84. The van der Waals surface area contributed by atoms with E-state index in [1.165, 1.54) is 41.8 Å². The Kier molecular flexibility index (Phi) is 8.39. The minimum atomic E-state index is -3.73. The van der Waals surface area contributed by atoms with Crippen LogP contribution in [-0.4, -0.2) is 61.6 Å². The van der Waals surface area contributed by atoms with Gasteiger partial charge in [0.15, 0.2) is 0 Å². The van der Waals surface area contributed by atoms with Gasteiger partial charge in [0.25, 0.3) is 11.8 Å². The minimum Gasteiger partial charge on any atom is -0.328 e. The van der Waals surface area contributed by atoms with Gasteiger partial charge < -0.3 is 10.6 Å². The molecule has 222 valence electrons. The highest BCUT2D eigenvalue weighted by Gasteiger charge is 2.48. The van der Waals surface area contributed by atoms with Crippen molar-refractivity contribution in [2.24, 2.45) is 16.8 Å². The summed E-state index contributed by atoms with van der Waals surface area (Å²) in [6, 6.07) is 2.95. The Bertz CT molecular complexity index is 1350. The van der Waals surface area contributed by atoms with E-state index in [4.69, 9.17) is 4.99 Å². The predicted molar refractivity (Wildman–Crippen MR) is 159 cm³/mol. The SMILES string of the molecule is CCCCC1CCC(C2=NC3(CCN(S(=O)(=O)/C=C/c4c(C)cc(N5C(=O)CNC5=O)cc4C)CC3)C(=O)N2)CC1. The molecule has 1 spiro atoms. The molecule has 5 rings (SSSR count). The number of urea groups is 1. The van der Waals surface area contributed by atoms with Gasteiger partial charge in [-0.05, 0) is 93.2 Å². The van der Waals surface area contributed by atoms with E-state index in [9.17, 15) is 22.8 Å². The van der Waals surface area contributed by atoms with Crippen LogP contribution >= 0.6 is 0 Å². The molecule has 41 heavy (non-hydrogen) atoms. The van der Waals surface area contributed by atoms with E-state index < -0.39 is 21.6 Å². The molecule has 2 saturated heterocycles. The smallest absolute Gasteiger partial charge is 0.328 e. The van der Waals surface area contributed by atoms with Crippen molar-refractivity contribution in [1.29, 1.82) is 0 Å². The number of benzene rings is 1. The van der Waals surface area contributed by atoms with Crippen LogP contribution in [0.5, 0.6) is 0 Å². The normalized spacial score (nSPS) is 25.2. The minimum absolute atomic E-state index is 0.0393. The Morgan fingerprint density at radius 3 is 2.29 bits per heavy atom. The standard InChI is InChI=1S/C30H41N5O5S/c1-4-5-6-22-7-9-23(10-8-22)27-32-28(37)30(33-27)12-14-34(15-13-30)41(39,40)16-11-25-20(2)17-24(18-21(25)3)35-26(36)19-31-29(35)38/h11,16-18,22-23H,4-10,12-15,19H2,1-3H3,(H,31,38)(H,32,33,37)/b16-11+. The van der Waals surface area contributed by atoms with Gasteiger partial charge in [0, 0.05) is 24.4 Å². The summed E-state index contributed by atoms with van der Waals surface area (Å²) in [6.07, 6.45) is 10.5. The molecule has 0 aromatic heterocycles. The van der Waals surface area contributed by atoms with Crippen LogP contribution < -0.4 is 15.5 Å². The molecule has 2 N–H and O–H groups in total. The third-order valence-corrected chi connectivity index (χ3v) is 10.8. The first-order valence-corrected chi connectivity index (χ1v) is 16.3. The molecule has 0 unspecified atom stereocenters. The largest absolute Gasteiger partial charge is 0.329 e. The fourth-order valence-electron chi connectivity index (χ4n) is 6.67. The molecule has 3 fully saturated rings. The molecule has 0 radical (unpaired) electrons. The van der Waals surface area contributed by atoms with E-state index >= 15 is 0 Å². The number of aliphatic imine (C=N–C) groups is 1. The van der Waals surface area contributed by atoms with Crippen molar-refractivity contribution < 1.29 is 22.8 Å². The van der Waals surface area contributed by atoms with E-state index in [1.54, 1.807) is 18.2 Å². The van der Waals surface area contributed by atoms with E-state index in [-0.39, 0.29) is 37.4 Å². The Morgan fingerprint density at radius 2 is 1.71 bits per heavy atom. The summed E-state index contributed by atoms with van der Waals surface area (Å²) in [5, 5.41) is 6.77. The highest BCUT2D eigenvalue weighted by Crippen LogP contribution is 2.37. The van der Waals surface area contributed by atoms with Crippen LogP contribution in [0.2, 0.25) is 0 Å². The average molecular weight is 584 g/mol. The molecule has 1 aromatic rings. The molecule has 3 heterocycles. The Balaban J connectivity index is 1.22. The third kappa shape index (κ3) is 5.97. The number of carbonyl (C=O) groups is 3. The maximum atomic E-state index is 13.2. The summed E-state index contributed by atoms with van der Waals surface area (Å²) in [7, 11) is -3.73. The van der Waals surface area contributed by atoms with Crippen molar-refractivity contribution in [3.8, 4) is 0 Å². The van der Waals surface area contributed by atoms with Crippen molar-refractivity contribution in [3.05, 3.63) is 34.2 Å². The number of nitrogens with one attached hydrogen (secondary N) is 2. The van der Waals surface area contributed by atoms with Crippen molar-refractivity contribution in [1.82, 2.24) is 14.9 Å². The molecular weight excluding hydrogens is 542 g/mol. The van der Waals surface area contributed by atoms with Crippen LogP contribution in [-0.2, 0) is 19.6 Å². The van der Waals surface area contributed by atoms with Gasteiger partial charge in [-0.25, -0.2) is 18.1 Å². The number of sulfonamides is 1. The van der Waals surface area contributed by atoms with E-state index in [0.29, 0.717) is 24.1 Å². The highest BCUT2D eigenvalue weighted by atomic mass is 32.2. The Labute approximate surface area is 242 Å². The van der Waals surface area contributed by atoms with Gasteiger partial charge in [0.2, 0.25) is 10.0 Å². The number of imide groups is 1. The van der Waals surface area contributed by atoms with Crippen molar-refractivity contribution in [2.75, 3.05) is 24.5 Å². The second-order valence-corrected chi connectivity index (χ2v) is 13.8. The molecule has 1 aromatic carbocycles. The number of amides is 4. The molecule has 0 bridgehead atoms. The summed E-state index contributed by atoms with van der Waals surface area (Å²) >= 11 is 0. The van der Waals surface area contributed by atoms with Gasteiger partial charge >= 0.3 is 6.03 Å². The summed E-state index contributed by atoms with van der Waals surface area (Å²) in [4.78, 5) is 43.2. The number of hydrogen-bond donors (Lipinski definition) is 2. The lowest BCUT2D eigenvalue weighted by Gasteiger charge is -2.34. The van der Waals surface area contributed by atoms with Crippen molar-refractivity contribution in [2.45, 2.75) is 84.1 Å².